The van der Waals surface area contributed by atoms with Gasteiger partial charge in [0.15, 0.2) is 0 Å². The van der Waals surface area contributed by atoms with Crippen molar-refractivity contribution in [2.24, 2.45) is 0 Å². The Balaban J connectivity index is 2.88. The van der Waals surface area contributed by atoms with Crippen molar-refractivity contribution in [3.63, 3.8) is 0 Å². The molecular formula is C7H6O5. The lowest BCUT2D eigenvalue weighted by atomic mass is 10.1. The highest BCUT2D eigenvalue weighted by atomic mass is 16.5. The van der Waals surface area contributed by atoms with E-state index < -0.39 is 11.9 Å². The summed E-state index contributed by atoms with van der Waals surface area (Å²) in [7, 11) is 0. The molecule has 1 aliphatic rings. The molecular weight excluding hydrogens is 164 g/mol. The molecule has 2 N–H and O–H groups in total. The number of ether oxygens (including phenoxy) is 1. The second-order valence-electron chi connectivity index (χ2n) is 2.16. The lowest BCUT2D eigenvalue weighted by Crippen LogP contribution is -2.13. The predicted octanol–water partition coefficient (Wildman–Crippen LogP) is -0.00390. The molecule has 64 valence electrons. The molecule has 0 fully saturated rings. The van der Waals surface area contributed by atoms with Gasteiger partial charge >= 0.3 is 11.9 Å². The fraction of sp³-hybridized carbons (Fsp3) is 0.143. The summed E-state index contributed by atoms with van der Waals surface area (Å²) in [5.41, 5.74) is -0.214. The molecule has 0 saturated carbocycles. The van der Waals surface area contributed by atoms with Crippen molar-refractivity contribution in [1.29, 1.82) is 0 Å². The summed E-state index contributed by atoms with van der Waals surface area (Å²) in [6.45, 7) is -0.0912. The average molecular weight is 170 g/mol. The molecule has 5 nitrogen and oxygen atoms in total. The maximum absolute atomic E-state index is 10.4. The van der Waals surface area contributed by atoms with Crippen molar-refractivity contribution < 1.29 is 24.5 Å². The van der Waals surface area contributed by atoms with Crippen LogP contribution in [-0.2, 0) is 14.3 Å². The molecule has 0 radical (unpaired) electrons. The average Bonchev–Trinajstić information content (AvgIpc) is 2.04. The Kier molecular flexibility index (Phi) is 2.14. The van der Waals surface area contributed by atoms with Crippen molar-refractivity contribution >= 4 is 11.9 Å². The Hall–Kier alpha value is -1.78. The molecule has 0 aromatic rings. The first-order valence-electron chi connectivity index (χ1n) is 3.10. The van der Waals surface area contributed by atoms with E-state index in [1.54, 1.807) is 0 Å². The summed E-state index contributed by atoms with van der Waals surface area (Å²) in [6.07, 6.45) is 2.10. The summed E-state index contributed by atoms with van der Waals surface area (Å²) < 4.78 is 4.63. The molecule has 1 rings (SSSR count). The van der Waals surface area contributed by atoms with Crippen molar-refractivity contribution in [2.75, 3.05) is 6.61 Å². The quantitative estimate of drug-likeness (QED) is 0.609. The third kappa shape index (κ3) is 1.63. The number of hydrogen-bond acceptors (Lipinski definition) is 3. The van der Waals surface area contributed by atoms with Crippen LogP contribution in [0.3, 0.4) is 0 Å². The fourth-order valence-corrected chi connectivity index (χ4v) is 0.720. The third-order valence-electron chi connectivity index (χ3n) is 1.30. The van der Waals surface area contributed by atoms with Gasteiger partial charge in [-0.05, 0) is 6.08 Å². The summed E-state index contributed by atoms with van der Waals surface area (Å²) in [6, 6.07) is 0. The van der Waals surface area contributed by atoms with Gasteiger partial charge < -0.3 is 14.9 Å². The molecule has 0 aliphatic carbocycles. The van der Waals surface area contributed by atoms with E-state index >= 15 is 0 Å². The lowest BCUT2D eigenvalue weighted by Gasteiger charge is -2.08. The van der Waals surface area contributed by atoms with Crippen LogP contribution in [0.2, 0.25) is 0 Å². The second kappa shape index (κ2) is 3.08. The zero-order valence-corrected chi connectivity index (χ0v) is 5.98. The molecule has 0 bridgehead atoms. The summed E-state index contributed by atoms with van der Waals surface area (Å²) in [5.74, 6) is -2.37. The number of carbonyl (C=O) groups is 2. The van der Waals surface area contributed by atoms with Gasteiger partial charge in [-0.2, -0.15) is 0 Å². The Morgan fingerprint density at radius 1 is 1.33 bits per heavy atom. The van der Waals surface area contributed by atoms with E-state index in [1.165, 1.54) is 0 Å². The third-order valence-corrected chi connectivity index (χ3v) is 1.30. The molecule has 0 amide bonds. The summed E-state index contributed by atoms with van der Waals surface area (Å²) >= 11 is 0. The lowest BCUT2D eigenvalue weighted by molar-refractivity contribution is -0.133. The Morgan fingerprint density at radius 2 is 2.00 bits per heavy atom. The van der Waals surface area contributed by atoms with Gasteiger partial charge in [0.05, 0.1) is 17.4 Å². The number of carboxylic acids is 2. The first-order valence-corrected chi connectivity index (χ1v) is 3.10. The molecule has 0 atom stereocenters. The van der Waals surface area contributed by atoms with Gasteiger partial charge in [0.1, 0.15) is 6.61 Å². The van der Waals surface area contributed by atoms with E-state index in [1.807, 2.05) is 0 Å². The van der Waals surface area contributed by atoms with Gasteiger partial charge in [-0.25, -0.2) is 9.59 Å². The first-order chi connectivity index (χ1) is 5.61. The normalized spacial score (nSPS) is 15.7. The minimum absolute atomic E-state index is 0.0603. The van der Waals surface area contributed by atoms with E-state index in [0.717, 1.165) is 12.3 Å². The fourth-order valence-electron chi connectivity index (χ4n) is 0.720. The first kappa shape index (κ1) is 8.32. The maximum Gasteiger partial charge on any atom is 0.338 e. The highest BCUT2D eigenvalue weighted by Crippen LogP contribution is 2.10. The molecule has 0 saturated heterocycles. The molecule has 0 spiro atoms. The predicted molar refractivity (Wildman–Crippen MR) is 37.4 cm³/mol. The molecule has 0 aromatic heterocycles. The Bertz CT molecular complexity index is 286. The summed E-state index contributed by atoms with van der Waals surface area (Å²) in [4.78, 5) is 20.7. The van der Waals surface area contributed by atoms with Crippen LogP contribution in [0.1, 0.15) is 0 Å². The van der Waals surface area contributed by atoms with E-state index in [9.17, 15) is 9.59 Å². The van der Waals surface area contributed by atoms with Crippen molar-refractivity contribution in [3.8, 4) is 0 Å². The van der Waals surface area contributed by atoms with Crippen LogP contribution in [-0.4, -0.2) is 28.8 Å². The smallest absolute Gasteiger partial charge is 0.338 e. The standard InChI is InChI=1S/C7H6O5/c8-6(9)4-1-5(7(10)11)3-12-2-4/h1-2H,3H2,(H,8,9)(H,10,11). The van der Waals surface area contributed by atoms with Crippen LogP contribution in [0.15, 0.2) is 23.5 Å². The van der Waals surface area contributed by atoms with Gasteiger partial charge in [-0.3, -0.25) is 0 Å². The van der Waals surface area contributed by atoms with Crippen LogP contribution in [0.4, 0.5) is 0 Å². The van der Waals surface area contributed by atoms with Crippen LogP contribution in [0.25, 0.3) is 0 Å². The maximum atomic E-state index is 10.4. The number of carboxylic acid groups (broad SMARTS) is 2. The van der Waals surface area contributed by atoms with Crippen LogP contribution in [0, 0.1) is 0 Å². The Labute approximate surface area is 67.6 Å². The topological polar surface area (TPSA) is 83.8 Å². The summed E-state index contributed by atoms with van der Waals surface area (Å²) in [5, 5.41) is 16.9. The molecule has 0 aromatic carbocycles. The van der Waals surface area contributed by atoms with Gasteiger partial charge in [-0.15, -0.1) is 0 Å². The molecule has 1 heterocycles. The van der Waals surface area contributed by atoms with E-state index in [0.29, 0.717) is 0 Å². The minimum atomic E-state index is -1.20. The van der Waals surface area contributed by atoms with Crippen LogP contribution < -0.4 is 0 Å². The number of rotatable bonds is 2. The van der Waals surface area contributed by atoms with Gasteiger partial charge in [0.2, 0.25) is 0 Å². The monoisotopic (exact) mass is 170 g/mol. The van der Waals surface area contributed by atoms with Gasteiger partial charge in [0, 0.05) is 0 Å². The SMILES string of the molecule is O=C(O)C1=COCC(C(=O)O)=C1. The Morgan fingerprint density at radius 3 is 2.50 bits per heavy atom. The number of hydrogen-bond donors (Lipinski definition) is 2. The highest BCUT2D eigenvalue weighted by Gasteiger charge is 2.16. The van der Waals surface area contributed by atoms with Gasteiger partial charge in [-0.1, -0.05) is 0 Å². The molecule has 1 aliphatic heterocycles. The zero-order chi connectivity index (χ0) is 9.14. The number of aliphatic carboxylic acids is 2. The zero-order valence-electron chi connectivity index (χ0n) is 5.98. The van der Waals surface area contributed by atoms with E-state index in [2.05, 4.69) is 4.74 Å². The largest absolute Gasteiger partial charge is 0.495 e. The van der Waals surface area contributed by atoms with Crippen molar-refractivity contribution in [3.05, 3.63) is 23.5 Å². The van der Waals surface area contributed by atoms with Crippen LogP contribution in [0.5, 0.6) is 0 Å². The second-order valence-corrected chi connectivity index (χ2v) is 2.16. The van der Waals surface area contributed by atoms with Gasteiger partial charge in [0.25, 0.3) is 0 Å². The van der Waals surface area contributed by atoms with Crippen molar-refractivity contribution in [1.82, 2.24) is 0 Å². The minimum Gasteiger partial charge on any atom is -0.495 e. The van der Waals surface area contributed by atoms with E-state index in [4.69, 9.17) is 10.2 Å². The highest BCUT2D eigenvalue weighted by molar-refractivity contribution is 5.95. The van der Waals surface area contributed by atoms with Crippen LogP contribution >= 0.6 is 0 Å². The molecule has 5 heteroatoms. The van der Waals surface area contributed by atoms with E-state index in [-0.39, 0.29) is 17.8 Å². The van der Waals surface area contributed by atoms with Crippen molar-refractivity contribution in [2.45, 2.75) is 0 Å². The molecule has 12 heavy (non-hydrogen) atoms. The molecule has 0 unspecified atom stereocenters.